The van der Waals surface area contributed by atoms with E-state index in [2.05, 4.69) is 33.0 Å². The molecule has 0 aromatic heterocycles. The van der Waals surface area contributed by atoms with Gasteiger partial charge < -0.3 is 10.4 Å². The van der Waals surface area contributed by atoms with Gasteiger partial charge >= 0.3 is 6.09 Å². The molecule has 0 fully saturated rings. The predicted octanol–water partition coefficient (Wildman–Crippen LogP) is 4.67. The number of amides is 1. The third-order valence-corrected chi connectivity index (χ3v) is 3.97. The quantitative estimate of drug-likeness (QED) is 0.559. The Balaban J connectivity index is 4.28. The number of hydrogen-bond acceptors (Lipinski definition) is 1. The summed E-state index contributed by atoms with van der Waals surface area (Å²) in [6.07, 6.45) is 7.09. The summed E-state index contributed by atoms with van der Waals surface area (Å²) in [6.45, 7) is 8.80. The van der Waals surface area contributed by atoms with E-state index < -0.39 is 6.09 Å². The van der Waals surface area contributed by atoms with Gasteiger partial charge in [-0.2, -0.15) is 0 Å². The zero-order valence-electron chi connectivity index (χ0n) is 12.5. The summed E-state index contributed by atoms with van der Waals surface area (Å²) in [5.41, 5.74) is 0. The van der Waals surface area contributed by atoms with Crippen LogP contribution in [0.5, 0.6) is 0 Å². The maximum atomic E-state index is 10.9. The molecule has 0 heterocycles. The van der Waals surface area contributed by atoms with E-state index in [-0.39, 0.29) is 6.04 Å². The van der Waals surface area contributed by atoms with Crippen LogP contribution in [0.1, 0.15) is 72.6 Å². The van der Waals surface area contributed by atoms with E-state index in [4.69, 9.17) is 5.11 Å². The number of hydrogen-bond donors (Lipinski definition) is 2. The molecule has 108 valence electrons. The molecule has 3 nitrogen and oxygen atoms in total. The van der Waals surface area contributed by atoms with Crippen molar-refractivity contribution < 1.29 is 9.90 Å². The second-order valence-electron chi connectivity index (χ2n) is 5.45. The molecular formula is C15H31NO2. The van der Waals surface area contributed by atoms with E-state index in [0.29, 0.717) is 5.92 Å². The number of carbonyl (C=O) groups is 1. The second kappa shape index (κ2) is 10.2. The zero-order valence-corrected chi connectivity index (χ0v) is 12.5. The summed E-state index contributed by atoms with van der Waals surface area (Å²) in [4.78, 5) is 10.9. The molecule has 0 aliphatic heterocycles. The van der Waals surface area contributed by atoms with Crippen molar-refractivity contribution in [2.75, 3.05) is 0 Å². The van der Waals surface area contributed by atoms with Gasteiger partial charge in [0.15, 0.2) is 0 Å². The average Bonchev–Trinajstić information content (AvgIpc) is 2.34. The fourth-order valence-corrected chi connectivity index (χ4v) is 2.58. The minimum Gasteiger partial charge on any atom is -0.465 e. The highest BCUT2D eigenvalue weighted by Crippen LogP contribution is 2.23. The Morgan fingerprint density at radius 2 is 1.78 bits per heavy atom. The maximum Gasteiger partial charge on any atom is 0.404 e. The van der Waals surface area contributed by atoms with Crippen molar-refractivity contribution in [1.82, 2.24) is 5.32 Å². The van der Waals surface area contributed by atoms with Crippen LogP contribution in [0, 0.1) is 11.8 Å². The molecule has 2 unspecified atom stereocenters. The van der Waals surface area contributed by atoms with Gasteiger partial charge in [0.2, 0.25) is 0 Å². The van der Waals surface area contributed by atoms with Crippen molar-refractivity contribution in [2.24, 2.45) is 11.8 Å². The first-order valence-corrected chi connectivity index (χ1v) is 7.54. The lowest BCUT2D eigenvalue weighted by molar-refractivity contribution is 0.179. The summed E-state index contributed by atoms with van der Waals surface area (Å²) >= 11 is 0. The number of rotatable bonds is 10. The average molecular weight is 257 g/mol. The van der Waals surface area contributed by atoms with Gasteiger partial charge in [-0.3, -0.25) is 0 Å². The molecule has 0 saturated heterocycles. The number of carboxylic acid groups (broad SMARTS) is 1. The van der Waals surface area contributed by atoms with Crippen molar-refractivity contribution in [2.45, 2.75) is 78.7 Å². The van der Waals surface area contributed by atoms with E-state index in [9.17, 15) is 4.79 Å². The predicted molar refractivity (Wildman–Crippen MR) is 76.9 cm³/mol. The number of nitrogens with one attached hydrogen (secondary N) is 1. The standard InChI is InChI=1S/C15H31NO2/c1-5-8-9-10-14(16-15(17)18)12(4)11-13(6-2)7-3/h12-14,16H,5-11H2,1-4H3,(H,17,18). The maximum absolute atomic E-state index is 10.9. The van der Waals surface area contributed by atoms with Crippen LogP contribution in [0.3, 0.4) is 0 Å². The Morgan fingerprint density at radius 3 is 2.22 bits per heavy atom. The Hall–Kier alpha value is -0.730. The Morgan fingerprint density at radius 1 is 1.17 bits per heavy atom. The van der Waals surface area contributed by atoms with Gasteiger partial charge in [-0.05, 0) is 24.7 Å². The summed E-state index contributed by atoms with van der Waals surface area (Å²) in [5, 5.41) is 11.6. The monoisotopic (exact) mass is 257 g/mol. The lowest BCUT2D eigenvalue weighted by Gasteiger charge is -2.27. The zero-order chi connectivity index (χ0) is 14.0. The Kier molecular flexibility index (Phi) is 9.80. The SMILES string of the molecule is CCCCCC(NC(=O)O)C(C)CC(CC)CC. The molecule has 0 rings (SSSR count). The van der Waals surface area contributed by atoms with Crippen LogP contribution in [0.25, 0.3) is 0 Å². The fraction of sp³-hybridized carbons (Fsp3) is 0.933. The molecule has 0 bridgehead atoms. The number of unbranched alkanes of at least 4 members (excludes halogenated alkanes) is 2. The van der Waals surface area contributed by atoms with Crippen LogP contribution in [0.4, 0.5) is 4.79 Å². The van der Waals surface area contributed by atoms with Gasteiger partial charge in [-0.25, -0.2) is 4.79 Å². The molecule has 0 aromatic rings. The topological polar surface area (TPSA) is 49.3 Å². The van der Waals surface area contributed by atoms with Gasteiger partial charge in [0, 0.05) is 6.04 Å². The minimum atomic E-state index is -0.882. The van der Waals surface area contributed by atoms with E-state index in [0.717, 1.165) is 25.2 Å². The molecule has 2 atom stereocenters. The normalized spacial score (nSPS) is 14.5. The Labute approximate surface area is 112 Å². The summed E-state index contributed by atoms with van der Waals surface area (Å²) in [6, 6.07) is 0.120. The van der Waals surface area contributed by atoms with E-state index in [1.165, 1.54) is 25.7 Å². The molecular weight excluding hydrogens is 226 g/mol. The van der Waals surface area contributed by atoms with Crippen LogP contribution in [-0.2, 0) is 0 Å². The van der Waals surface area contributed by atoms with Crippen LogP contribution in [0.2, 0.25) is 0 Å². The van der Waals surface area contributed by atoms with E-state index in [1.807, 2.05) is 0 Å². The highest BCUT2D eigenvalue weighted by molar-refractivity contribution is 5.64. The second-order valence-corrected chi connectivity index (χ2v) is 5.45. The molecule has 0 saturated carbocycles. The third kappa shape index (κ3) is 7.57. The van der Waals surface area contributed by atoms with Crippen molar-refractivity contribution in [3.8, 4) is 0 Å². The molecule has 1 amide bonds. The van der Waals surface area contributed by atoms with Crippen molar-refractivity contribution >= 4 is 6.09 Å². The third-order valence-electron chi connectivity index (χ3n) is 3.97. The van der Waals surface area contributed by atoms with E-state index in [1.54, 1.807) is 0 Å². The summed E-state index contributed by atoms with van der Waals surface area (Å²) in [5.74, 6) is 1.16. The molecule has 18 heavy (non-hydrogen) atoms. The van der Waals surface area contributed by atoms with Crippen LogP contribution < -0.4 is 5.32 Å². The van der Waals surface area contributed by atoms with Crippen molar-refractivity contribution in [3.63, 3.8) is 0 Å². The smallest absolute Gasteiger partial charge is 0.404 e. The summed E-state index contributed by atoms with van der Waals surface area (Å²) in [7, 11) is 0. The molecule has 0 spiro atoms. The van der Waals surface area contributed by atoms with Gasteiger partial charge in [0.1, 0.15) is 0 Å². The molecule has 0 aliphatic carbocycles. The summed E-state index contributed by atoms with van der Waals surface area (Å²) < 4.78 is 0. The minimum absolute atomic E-state index is 0.120. The molecule has 2 N–H and O–H groups in total. The van der Waals surface area contributed by atoms with Gasteiger partial charge in [0.05, 0.1) is 0 Å². The fourth-order valence-electron chi connectivity index (χ4n) is 2.58. The Bertz CT molecular complexity index is 215. The largest absolute Gasteiger partial charge is 0.465 e. The molecule has 0 radical (unpaired) electrons. The van der Waals surface area contributed by atoms with Gasteiger partial charge in [-0.1, -0.05) is 59.8 Å². The lowest BCUT2D eigenvalue weighted by Crippen LogP contribution is -2.39. The van der Waals surface area contributed by atoms with Crippen LogP contribution in [-0.4, -0.2) is 17.2 Å². The van der Waals surface area contributed by atoms with Gasteiger partial charge in [0.25, 0.3) is 0 Å². The first-order valence-electron chi connectivity index (χ1n) is 7.54. The highest BCUT2D eigenvalue weighted by Gasteiger charge is 2.21. The molecule has 0 aromatic carbocycles. The first kappa shape index (κ1) is 17.3. The lowest BCUT2D eigenvalue weighted by atomic mass is 9.85. The van der Waals surface area contributed by atoms with Crippen molar-refractivity contribution in [3.05, 3.63) is 0 Å². The van der Waals surface area contributed by atoms with Crippen LogP contribution >= 0.6 is 0 Å². The first-order chi connectivity index (χ1) is 8.54. The van der Waals surface area contributed by atoms with Crippen LogP contribution in [0.15, 0.2) is 0 Å². The highest BCUT2D eigenvalue weighted by atomic mass is 16.4. The van der Waals surface area contributed by atoms with Crippen molar-refractivity contribution in [1.29, 1.82) is 0 Å². The van der Waals surface area contributed by atoms with Gasteiger partial charge in [-0.15, -0.1) is 0 Å². The molecule has 3 heteroatoms. The van der Waals surface area contributed by atoms with E-state index >= 15 is 0 Å². The molecule has 0 aliphatic rings.